The highest BCUT2D eigenvalue weighted by Gasteiger charge is 2.41. The van der Waals surface area contributed by atoms with E-state index in [0.29, 0.717) is 6.04 Å². The van der Waals surface area contributed by atoms with Crippen LogP contribution in [0.2, 0.25) is 0 Å². The maximum atomic E-state index is 12.5. The van der Waals surface area contributed by atoms with Crippen molar-refractivity contribution in [1.29, 1.82) is 0 Å². The predicted molar refractivity (Wildman–Crippen MR) is 76.2 cm³/mol. The number of carbonyl (C=O) groups excluding carboxylic acids is 1. The quantitative estimate of drug-likeness (QED) is 0.677. The summed E-state index contributed by atoms with van der Waals surface area (Å²) in [5.41, 5.74) is -0.540. The van der Waals surface area contributed by atoms with Gasteiger partial charge in [0.1, 0.15) is 5.60 Å². The van der Waals surface area contributed by atoms with E-state index in [4.69, 9.17) is 4.74 Å². The van der Waals surface area contributed by atoms with Crippen LogP contribution in [0.1, 0.15) is 53.9 Å². The van der Waals surface area contributed by atoms with Crippen molar-refractivity contribution in [3.63, 3.8) is 0 Å². The van der Waals surface area contributed by atoms with Crippen LogP contribution in [0.5, 0.6) is 0 Å². The maximum absolute atomic E-state index is 12.5. The second-order valence-electron chi connectivity index (χ2n) is 7.49. The summed E-state index contributed by atoms with van der Waals surface area (Å²) in [4.78, 5) is 16.9. The van der Waals surface area contributed by atoms with Gasteiger partial charge in [0.2, 0.25) is 0 Å². The molecule has 2 heterocycles. The van der Waals surface area contributed by atoms with Gasteiger partial charge < -0.3 is 9.64 Å². The zero-order valence-corrected chi connectivity index (χ0v) is 13.0. The molecule has 19 heavy (non-hydrogen) atoms. The summed E-state index contributed by atoms with van der Waals surface area (Å²) >= 11 is 0. The van der Waals surface area contributed by atoms with Crippen molar-refractivity contribution in [2.45, 2.75) is 71.1 Å². The highest BCUT2D eigenvalue weighted by Crippen LogP contribution is 2.30. The SMILES string of the molecule is CC(C)(C)OC(=O)N1CC2CCCN2CCC1(C)C. The lowest BCUT2D eigenvalue weighted by molar-refractivity contribution is 0.00264. The minimum absolute atomic E-state index is 0.118. The van der Waals surface area contributed by atoms with E-state index in [9.17, 15) is 4.79 Å². The van der Waals surface area contributed by atoms with Gasteiger partial charge in [0.25, 0.3) is 0 Å². The lowest BCUT2D eigenvalue weighted by atomic mass is 9.98. The van der Waals surface area contributed by atoms with Gasteiger partial charge in [-0.15, -0.1) is 0 Å². The van der Waals surface area contributed by atoms with Crippen molar-refractivity contribution in [1.82, 2.24) is 9.80 Å². The largest absolute Gasteiger partial charge is 0.444 e. The van der Waals surface area contributed by atoms with E-state index < -0.39 is 5.60 Å². The van der Waals surface area contributed by atoms with Gasteiger partial charge in [0.05, 0.1) is 0 Å². The number of nitrogens with zero attached hydrogens (tertiary/aromatic N) is 2. The number of ether oxygens (including phenoxy) is 1. The molecule has 2 saturated heterocycles. The average molecular weight is 268 g/mol. The molecule has 0 bridgehead atoms. The summed E-state index contributed by atoms with van der Waals surface area (Å²) in [6, 6.07) is 0.522. The number of fused-ring (bicyclic) bond motifs is 1. The summed E-state index contributed by atoms with van der Waals surface area (Å²) in [6.07, 6.45) is 3.32. The summed E-state index contributed by atoms with van der Waals surface area (Å²) in [5.74, 6) is 0. The number of amides is 1. The first kappa shape index (κ1) is 14.6. The molecule has 0 aromatic carbocycles. The Balaban J connectivity index is 2.13. The van der Waals surface area contributed by atoms with Gasteiger partial charge in [-0.25, -0.2) is 4.79 Å². The average Bonchev–Trinajstić information content (AvgIpc) is 2.63. The van der Waals surface area contributed by atoms with E-state index >= 15 is 0 Å². The van der Waals surface area contributed by atoms with Gasteiger partial charge in [0, 0.05) is 24.7 Å². The Morgan fingerprint density at radius 2 is 1.95 bits per heavy atom. The second kappa shape index (κ2) is 4.97. The van der Waals surface area contributed by atoms with E-state index in [-0.39, 0.29) is 11.6 Å². The van der Waals surface area contributed by atoms with Crippen molar-refractivity contribution in [3.8, 4) is 0 Å². The fraction of sp³-hybridized carbons (Fsp3) is 0.933. The first-order valence-electron chi connectivity index (χ1n) is 7.44. The van der Waals surface area contributed by atoms with E-state index in [1.165, 1.54) is 19.4 Å². The fourth-order valence-electron chi connectivity index (χ4n) is 3.05. The zero-order valence-electron chi connectivity index (χ0n) is 13.0. The van der Waals surface area contributed by atoms with Gasteiger partial charge in [0.15, 0.2) is 0 Å². The van der Waals surface area contributed by atoms with Gasteiger partial charge in [-0.3, -0.25) is 4.90 Å². The van der Waals surface area contributed by atoms with Gasteiger partial charge >= 0.3 is 6.09 Å². The van der Waals surface area contributed by atoms with Crippen LogP contribution in [0.25, 0.3) is 0 Å². The molecule has 0 aromatic heterocycles. The van der Waals surface area contributed by atoms with Crippen LogP contribution in [-0.4, -0.2) is 52.7 Å². The first-order chi connectivity index (χ1) is 8.69. The molecule has 0 saturated carbocycles. The molecule has 2 fully saturated rings. The summed E-state index contributed by atoms with van der Waals surface area (Å²) in [6.45, 7) is 13.2. The molecule has 1 unspecified atom stereocenters. The van der Waals surface area contributed by atoms with Crippen molar-refractivity contribution >= 4 is 6.09 Å². The lowest BCUT2D eigenvalue weighted by Gasteiger charge is -2.38. The molecule has 1 amide bonds. The monoisotopic (exact) mass is 268 g/mol. The third-order valence-electron chi connectivity index (χ3n) is 4.25. The summed E-state index contributed by atoms with van der Waals surface area (Å²) in [5, 5.41) is 0. The van der Waals surface area contributed by atoms with Crippen LogP contribution in [-0.2, 0) is 4.74 Å². The highest BCUT2D eigenvalue weighted by atomic mass is 16.6. The van der Waals surface area contributed by atoms with Crippen molar-refractivity contribution in [2.24, 2.45) is 0 Å². The Bertz CT molecular complexity index is 347. The fourth-order valence-corrected chi connectivity index (χ4v) is 3.05. The smallest absolute Gasteiger partial charge is 0.410 e. The molecule has 1 atom stereocenters. The predicted octanol–water partition coefficient (Wildman–Crippen LogP) is 2.87. The Hall–Kier alpha value is -0.770. The van der Waals surface area contributed by atoms with Crippen LogP contribution in [0.4, 0.5) is 4.79 Å². The standard InChI is InChI=1S/C15H28N2O2/c1-14(2,3)19-13(18)17-11-12-7-6-9-16(12)10-8-15(17,4)5/h12H,6-11H2,1-5H3. The first-order valence-corrected chi connectivity index (χ1v) is 7.44. The maximum Gasteiger partial charge on any atom is 0.410 e. The summed E-state index contributed by atoms with van der Waals surface area (Å²) in [7, 11) is 0. The molecule has 0 spiro atoms. The van der Waals surface area contributed by atoms with Gasteiger partial charge in [-0.1, -0.05) is 0 Å². The molecular formula is C15H28N2O2. The molecule has 2 aliphatic heterocycles. The van der Waals surface area contributed by atoms with Crippen LogP contribution in [0.3, 0.4) is 0 Å². The molecule has 4 heteroatoms. The second-order valence-corrected chi connectivity index (χ2v) is 7.49. The molecule has 0 aromatic rings. The van der Waals surface area contributed by atoms with Crippen LogP contribution < -0.4 is 0 Å². The number of hydrogen-bond donors (Lipinski definition) is 0. The van der Waals surface area contributed by atoms with Gasteiger partial charge in [-0.2, -0.15) is 0 Å². The zero-order chi connectivity index (χ0) is 14.3. The van der Waals surface area contributed by atoms with E-state index in [2.05, 4.69) is 18.7 Å². The Kier molecular flexibility index (Phi) is 3.83. The third-order valence-corrected chi connectivity index (χ3v) is 4.25. The Morgan fingerprint density at radius 1 is 1.26 bits per heavy atom. The molecular weight excluding hydrogens is 240 g/mol. The van der Waals surface area contributed by atoms with E-state index in [0.717, 1.165) is 19.5 Å². The van der Waals surface area contributed by atoms with Crippen molar-refractivity contribution < 1.29 is 9.53 Å². The third kappa shape index (κ3) is 3.41. The molecule has 110 valence electrons. The number of rotatable bonds is 0. The molecule has 0 radical (unpaired) electrons. The molecule has 0 N–H and O–H groups in total. The molecule has 4 nitrogen and oxygen atoms in total. The van der Waals surface area contributed by atoms with Crippen LogP contribution in [0, 0.1) is 0 Å². The highest BCUT2D eigenvalue weighted by molar-refractivity contribution is 5.69. The molecule has 2 rings (SSSR count). The van der Waals surface area contributed by atoms with Crippen LogP contribution >= 0.6 is 0 Å². The lowest BCUT2D eigenvalue weighted by Crippen LogP contribution is -2.51. The molecule has 2 aliphatic rings. The number of carbonyl (C=O) groups is 1. The normalized spacial score (nSPS) is 27.8. The van der Waals surface area contributed by atoms with Crippen molar-refractivity contribution in [2.75, 3.05) is 19.6 Å². The minimum Gasteiger partial charge on any atom is -0.444 e. The van der Waals surface area contributed by atoms with Crippen LogP contribution in [0.15, 0.2) is 0 Å². The molecule has 0 aliphatic carbocycles. The Labute approximate surface area is 117 Å². The Morgan fingerprint density at radius 3 is 2.58 bits per heavy atom. The van der Waals surface area contributed by atoms with Gasteiger partial charge in [-0.05, 0) is 60.4 Å². The number of hydrogen-bond acceptors (Lipinski definition) is 3. The minimum atomic E-state index is -0.422. The summed E-state index contributed by atoms with van der Waals surface area (Å²) < 4.78 is 5.59. The topological polar surface area (TPSA) is 32.8 Å². The van der Waals surface area contributed by atoms with E-state index in [1.54, 1.807) is 0 Å². The van der Waals surface area contributed by atoms with E-state index in [1.807, 2.05) is 25.7 Å². The van der Waals surface area contributed by atoms with Crippen molar-refractivity contribution in [3.05, 3.63) is 0 Å².